The number of methoxy groups -OCH3 is 1. The summed E-state index contributed by atoms with van der Waals surface area (Å²) >= 11 is 0. The van der Waals surface area contributed by atoms with Gasteiger partial charge in [0.25, 0.3) is 0 Å². The van der Waals surface area contributed by atoms with E-state index in [0.717, 1.165) is 16.8 Å². The van der Waals surface area contributed by atoms with E-state index < -0.39 is 10.0 Å². The molecule has 8 heteroatoms. The second-order valence-electron chi connectivity index (χ2n) is 5.85. The fourth-order valence-electron chi connectivity index (χ4n) is 2.26. The minimum atomic E-state index is -3.43. The van der Waals surface area contributed by atoms with Crippen LogP contribution in [0.3, 0.4) is 0 Å². The van der Waals surface area contributed by atoms with Crippen molar-refractivity contribution in [1.29, 1.82) is 0 Å². The van der Waals surface area contributed by atoms with E-state index in [1.807, 2.05) is 24.3 Å². The van der Waals surface area contributed by atoms with Gasteiger partial charge >= 0.3 is 0 Å². The number of nitrogens with one attached hydrogen (secondary N) is 1. The Morgan fingerprint density at radius 3 is 2.42 bits per heavy atom. The van der Waals surface area contributed by atoms with Gasteiger partial charge in [0.2, 0.25) is 10.0 Å². The van der Waals surface area contributed by atoms with Crippen LogP contribution >= 0.6 is 0 Å². The van der Waals surface area contributed by atoms with Gasteiger partial charge in [-0.15, -0.1) is 0 Å². The van der Waals surface area contributed by atoms with Gasteiger partial charge in [0.05, 0.1) is 18.0 Å². The van der Waals surface area contributed by atoms with Gasteiger partial charge in [-0.2, -0.15) is 0 Å². The first-order valence-electron chi connectivity index (χ1n) is 8.00. The van der Waals surface area contributed by atoms with Crippen LogP contribution in [0.5, 0.6) is 0 Å². The zero-order valence-corrected chi connectivity index (χ0v) is 16.0. The summed E-state index contributed by atoms with van der Waals surface area (Å²) in [6.07, 6.45) is 0. The lowest BCUT2D eigenvalue weighted by molar-refractivity contribution is 0.185. The van der Waals surface area contributed by atoms with Gasteiger partial charge in [-0.05, 0) is 23.8 Å². The van der Waals surface area contributed by atoms with Crippen molar-refractivity contribution in [3.05, 3.63) is 59.7 Å². The third kappa shape index (κ3) is 5.04. The number of para-hydroxylation sites is 1. The molecule has 0 spiro atoms. The number of rotatable bonds is 7. The summed E-state index contributed by atoms with van der Waals surface area (Å²) in [4.78, 5) is 4.55. The number of aliphatic imine (C=N–C) groups is 1. The molecule has 0 aliphatic carbocycles. The largest absolute Gasteiger partial charge is 0.380 e. The van der Waals surface area contributed by atoms with Crippen LogP contribution in [0.4, 0.5) is 5.69 Å². The van der Waals surface area contributed by atoms with Crippen LogP contribution in [-0.2, 0) is 27.9 Å². The first-order valence-corrected chi connectivity index (χ1v) is 9.44. The Kier molecular flexibility index (Phi) is 6.73. The van der Waals surface area contributed by atoms with Crippen molar-refractivity contribution in [2.24, 2.45) is 10.7 Å². The Morgan fingerprint density at radius 1 is 1.15 bits per heavy atom. The fourth-order valence-corrected chi connectivity index (χ4v) is 3.16. The van der Waals surface area contributed by atoms with E-state index in [4.69, 9.17) is 10.5 Å². The maximum Gasteiger partial charge on any atom is 0.242 e. The minimum absolute atomic E-state index is 0.245. The van der Waals surface area contributed by atoms with Gasteiger partial charge in [-0.1, -0.05) is 30.3 Å². The number of nitrogens with two attached hydrogens (primary N) is 1. The van der Waals surface area contributed by atoms with Crippen molar-refractivity contribution in [3.8, 4) is 0 Å². The Morgan fingerprint density at radius 2 is 1.81 bits per heavy atom. The highest BCUT2D eigenvalue weighted by Crippen LogP contribution is 2.16. The topological polar surface area (TPSA) is 97.0 Å². The molecule has 0 aliphatic rings. The van der Waals surface area contributed by atoms with Gasteiger partial charge in [-0.25, -0.2) is 17.7 Å². The van der Waals surface area contributed by atoms with Gasteiger partial charge in [-0.3, -0.25) is 0 Å². The number of hydrogen-bond donors (Lipinski definition) is 2. The highest BCUT2D eigenvalue weighted by Gasteiger charge is 2.16. The van der Waals surface area contributed by atoms with Crippen molar-refractivity contribution in [3.63, 3.8) is 0 Å². The van der Waals surface area contributed by atoms with E-state index in [1.165, 1.54) is 18.4 Å². The predicted molar refractivity (Wildman–Crippen MR) is 103 cm³/mol. The average molecular weight is 376 g/mol. The summed E-state index contributed by atoms with van der Waals surface area (Å²) < 4.78 is 30.5. The Hall–Kier alpha value is -2.42. The lowest BCUT2D eigenvalue weighted by Gasteiger charge is -2.12. The number of hydrogen-bond acceptors (Lipinski definition) is 4. The lowest BCUT2D eigenvalue weighted by Crippen LogP contribution is -2.23. The molecule has 0 radical (unpaired) electrons. The van der Waals surface area contributed by atoms with Crippen LogP contribution in [0.2, 0.25) is 0 Å². The van der Waals surface area contributed by atoms with Crippen molar-refractivity contribution in [2.45, 2.75) is 18.0 Å². The predicted octanol–water partition coefficient (Wildman–Crippen LogP) is 2.01. The molecule has 0 bridgehead atoms. The highest BCUT2D eigenvalue weighted by atomic mass is 32.2. The van der Waals surface area contributed by atoms with Gasteiger partial charge in [0.15, 0.2) is 5.96 Å². The maximum absolute atomic E-state index is 12.1. The number of anilines is 1. The molecule has 0 amide bonds. The van der Waals surface area contributed by atoms with Crippen LogP contribution in [0.15, 0.2) is 58.4 Å². The average Bonchev–Trinajstić information content (AvgIpc) is 2.62. The third-order valence-corrected chi connectivity index (χ3v) is 5.54. The molecule has 0 unspecified atom stereocenters. The van der Waals surface area contributed by atoms with Crippen molar-refractivity contribution >= 4 is 21.7 Å². The first kappa shape index (κ1) is 19.9. The van der Waals surface area contributed by atoms with Crippen molar-refractivity contribution in [1.82, 2.24) is 4.31 Å². The molecule has 0 fully saturated rings. The first-order chi connectivity index (χ1) is 12.3. The number of ether oxygens (including phenoxy) is 1. The minimum Gasteiger partial charge on any atom is -0.380 e. The summed E-state index contributed by atoms with van der Waals surface area (Å²) in [6.45, 7) is 0.811. The lowest BCUT2D eigenvalue weighted by atomic mass is 10.2. The van der Waals surface area contributed by atoms with E-state index in [9.17, 15) is 8.42 Å². The van der Waals surface area contributed by atoms with Crippen molar-refractivity contribution in [2.75, 3.05) is 26.5 Å². The third-order valence-electron chi connectivity index (χ3n) is 3.71. The van der Waals surface area contributed by atoms with E-state index in [2.05, 4.69) is 10.3 Å². The summed E-state index contributed by atoms with van der Waals surface area (Å²) in [5.41, 5.74) is 8.63. The Balaban J connectivity index is 2.05. The molecule has 2 aromatic carbocycles. The number of guanidine groups is 1. The van der Waals surface area contributed by atoms with Gasteiger partial charge in [0, 0.05) is 32.5 Å². The summed E-state index contributed by atoms with van der Waals surface area (Å²) in [7, 11) is 1.21. The molecular formula is C18H24N4O3S. The second-order valence-corrected chi connectivity index (χ2v) is 8.00. The number of nitrogens with zero attached hydrogens (tertiary/aromatic N) is 2. The molecule has 0 heterocycles. The van der Waals surface area contributed by atoms with Crippen LogP contribution in [-0.4, -0.2) is 39.9 Å². The van der Waals surface area contributed by atoms with Crippen LogP contribution < -0.4 is 11.1 Å². The molecule has 140 valence electrons. The Bertz CT molecular complexity index is 862. The van der Waals surface area contributed by atoms with E-state index >= 15 is 0 Å². The molecule has 0 aliphatic heterocycles. The molecule has 0 saturated carbocycles. The molecule has 3 N–H and O–H groups in total. The zero-order chi connectivity index (χ0) is 19.2. The monoisotopic (exact) mass is 376 g/mol. The molecule has 26 heavy (non-hydrogen) atoms. The normalized spacial score (nSPS) is 12.4. The SMILES string of the molecule is COCc1ccccc1NC(N)=NCc1ccc(S(=O)(=O)N(C)C)cc1. The van der Waals surface area contributed by atoms with Gasteiger partial charge < -0.3 is 15.8 Å². The smallest absolute Gasteiger partial charge is 0.242 e. The Labute approximate surface area is 154 Å². The zero-order valence-electron chi connectivity index (χ0n) is 15.1. The molecule has 0 aromatic heterocycles. The highest BCUT2D eigenvalue weighted by molar-refractivity contribution is 7.89. The quantitative estimate of drug-likeness (QED) is 0.569. The molecule has 2 rings (SSSR count). The van der Waals surface area contributed by atoms with Crippen molar-refractivity contribution < 1.29 is 13.2 Å². The molecule has 0 saturated heterocycles. The summed E-state index contributed by atoms with van der Waals surface area (Å²) in [5.74, 6) is 0.276. The molecular weight excluding hydrogens is 352 g/mol. The van der Waals surface area contributed by atoms with E-state index in [-0.39, 0.29) is 10.9 Å². The fraction of sp³-hybridized carbons (Fsp3) is 0.278. The van der Waals surface area contributed by atoms with E-state index in [1.54, 1.807) is 31.4 Å². The van der Waals surface area contributed by atoms with Crippen LogP contribution in [0.1, 0.15) is 11.1 Å². The summed E-state index contributed by atoms with van der Waals surface area (Å²) in [6, 6.07) is 14.3. The van der Waals surface area contributed by atoms with Crippen LogP contribution in [0, 0.1) is 0 Å². The van der Waals surface area contributed by atoms with E-state index in [0.29, 0.717) is 13.2 Å². The molecule has 0 atom stereocenters. The second kappa shape index (κ2) is 8.79. The summed E-state index contributed by atoms with van der Waals surface area (Å²) in [5, 5.41) is 3.06. The number of benzene rings is 2. The van der Waals surface area contributed by atoms with Gasteiger partial charge in [0.1, 0.15) is 0 Å². The molecule has 7 nitrogen and oxygen atoms in total. The van der Waals surface area contributed by atoms with Crippen LogP contribution in [0.25, 0.3) is 0 Å². The maximum atomic E-state index is 12.1. The number of sulfonamides is 1. The standard InChI is InChI=1S/C18H24N4O3S/c1-22(2)26(23,24)16-10-8-14(9-11-16)12-20-18(19)21-17-7-5-4-6-15(17)13-25-3/h4-11H,12-13H2,1-3H3,(H3,19,20,21). The molecule has 2 aromatic rings.